The highest BCUT2D eigenvalue weighted by atomic mass is 16.5. The fourth-order valence-corrected chi connectivity index (χ4v) is 2.09. The number of hydrogen-bond donors (Lipinski definition) is 1. The Morgan fingerprint density at radius 1 is 1.57 bits per heavy atom. The Morgan fingerprint density at radius 3 is 2.86 bits per heavy atom. The van der Waals surface area contributed by atoms with Crippen LogP contribution in [0.1, 0.15) is 33.1 Å². The molecule has 2 unspecified atom stereocenters. The van der Waals surface area contributed by atoms with Crippen molar-refractivity contribution in [3.8, 4) is 0 Å². The van der Waals surface area contributed by atoms with Crippen molar-refractivity contribution in [3.05, 3.63) is 0 Å². The van der Waals surface area contributed by atoms with Crippen LogP contribution in [0.4, 0.5) is 0 Å². The maximum Gasteiger partial charge on any atom is 0.0777 e. The van der Waals surface area contributed by atoms with E-state index in [1.54, 1.807) is 0 Å². The molecule has 0 spiro atoms. The summed E-state index contributed by atoms with van der Waals surface area (Å²) in [4.78, 5) is 2.43. The fourth-order valence-electron chi connectivity index (χ4n) is 2.09. The van der Waals surface area contributed by atoms with Crippen molar-refractivity contribution < 1.29 is 4.74 Å². The zero-order valence-electron chi connectivity index (χ0n) is 9.75. The number of piperidine rings is 1. The Kier molecular flexibility index (Phi) is 4.35. The highest BCUT2D eigenvalue weighted by Gasteiger charge is 2.30. The van der Waals surface area contributed by atoms with Crippen LogP contribution >= 0.6 is 0 Å². The standard InChI is InChI=1S/C11H24N2O/c1-4-10(12)8-13-7-5-6-11(2,9-13)14-3/h10H,4-9,12H2,1-3H3. The van der Waals surface area contributed by atoms with Crippen LogP contribution in [-0.4, -0.2) is 43.3 Å². The average molecular weight is 200 g/mol. The van der Waals surface area contributed by atoms with E-state index in [1.807, 2.05) is 7.11 Å². The van der Waals surface area contributed by atoms with Crippen LogP contribution in [0.5, 0.6) is 0 Å². The molecule has 0 saturated carbocycles. The Morgan fingerprint density at radius 2 is 2.29 bits per heavy atom. The minimum Gasteiger partial charge on any atom is -0.377 e. The SMILES string of the molecule is CCC(N)CN1CCCC(C)(OC)C1. The van der Waals surface area contributed by atoms with Crippen molar-refractivity contribution in [1.29, 1.82) is 0 Å². The van der Waals surface area contributed by atoms with Gasteiger partial charge in [-0.15, -0.1) is 0 Å². The Labute approximate surface area is 87.6 Å². The molecule has 0 bridgehead atoms. The normalized spacial score (nSPS) is 31.7. The topological polar surface area (TPSA) is 38.5 Å². The van der Waals surface area contributed by atoms with E-state index in [0.717, 1.165) is 19.5 Å². The maximum absolute atomic E-state index is 5.95. The van der Waals surface area contributed by atoms with Crippen LogP contribution in [0, 0.1) is 0 Å². The van der Waals surface area contributed by atoms with Gasteiger partial charge in [-0.05, 0) is 32.7 Å². The van der Waals surface area contributed by atoms with E-state index in [-0.39, 0.29) is 5.60 Å². The lowest BCUT2D eigenvalue weighted by molar-refractivity contribution is -0.0516. The molecular weight excluding hydrogens is 176 g/mol. The van der Waals surface area contributed by atoms with E-state index >= 15 is 0 Å². The molecule has 3 nitrogen and oxygen atoms in total. The summed E-state index contributed by atoms with van der Waals surface area (Å²) in [5.74, 6) is 0. The van der Waals surface area contributed by atoms with E-state index in [9.17, 15) is 0 Å². The van der Waals surface area contributed by atoms with Crippen LogP contribution in [0.3, 0.4) is 0 Å². The van der Waals surface area contributed by atoms with Crippen LogP contribution < -0.4 is 5.73 Å². The molecule has 2 N–H and O–H groups in total. The lowest BCUT2D eigenvalue weighted by atomic mass is 9.94. The van der Waals surface area contributed by atoms with Crippen molar-refractivity contribution in [2.75, 3.05) is 26.7 Å². The van der Waals surface area contributed by atoms with Crippen molar-refractivity contribution in [1.82, 2.24) is 4.90 Å². The second-order valence-electron chi connectivity index (χ2n) is 4.66. The fraction of sp³-hybridized carbons (Fsp3) is 1.00. The highest BCUT2D eigenvalue weighted by molar-refractivity contribution is 4.85. The van der Waals surface area contributed by atoms with E-state index in [4.69, 9.17) is 10.5 Å². The van der Waals surface area contributed by atoms with Gasteiger partial charge in [0.2, 0.25) is 0 Å². The van der Waals surface area contributed by atoms with E-state index in [1.165, 1.54) is 19.4 Å². The van der Waals surface area contributed by atoms with Gasteiger partial charge >= 0.3 is 0 Å². The number of ether oxygens (including phenoxy) is 1. The van der Waals surface area contributed by atoms with Gasteiger partial charge in [0.25, 0.3) is 0 Å². The van der Waals surface area contributed by atoms with Crippen LogP contribution in [-0.2, 0) is 4.74 Å². The number of hydrogen-bond acceptors (Lipinski definition) is 3. The molecule has 1 rings (SSSR count). The first-order chi connectivity index (χ1) is 6.59. The van der Waals surface area contributed by atoms with Gasteiger partial charge in [-0.3, -0.25) is 4.90 Å². The van der Waals surface area contributed by atoms with E-state index < -0.39 is 0 Å². The largest absolute Gasteiger partial charge is 0.377 e. The first-order valence-electron chi connectivity index (χ1n) is 5.63. The first kappa shape index (κ1) is 12.0. The summed E-state index contributed by atoms with van der Waals surface area (Å²) in [6.07, 6.45) is 3.45. The maximum atomic E-state index is 5.95. The predicted molar refractivity (Wildman–Crippen MR) is 59.4 cm³/mol. The molecule has 0 aromatic carbocycles. The van der Waals surface area contributed by atoms with Gasteiger partial charge in [-0.2, -0.15) is 0 Å². The molecule has 0 aromatic rings. The lowest BCUT2D eigenvalue weighted by Crippen LogP contribution is -2.50. The van der Waals surface area contributed by atoms with Gasteiger partial charge in [0.1, 0.15) is 0 Å². The molecule has 0 amide bonds. The third-order valence-corrected chi connectivity index (χ3v) is 3.25. The average Bonchev–Trinajstić information content (AvgIpc) is 2.18. The zero-order valence-corrected chi connectivity index (χ0v) is 9.75. The van der Waals surface area contributed by atoms with Crippen molar-refractivity contribution >= 4 is 0 Å². The first-order valence-corrected chi connectivity index (χ1v) is 5.63. The Balaban J connectivity index is 2.40. The van der Waals surface area contributed by atoms with Crippen molar-refractivity contribution in [3.63, 3.8) is 0 Å². The minimum atomic E-state index is 0.0473. The summed E-state index contributed by atoms with van der Waals surface area (Å²) >= 11 is 0. The Bertz CT molecular complexity index is 175. The minimum absolute atomic E-state index is 0.0473. The molecule has 14 heavy (non-hydrogen) atoms. The van der Waals surface area contributed by atoms with E-state index in [0.29, 0.717) is 6.04 Å². The summed E-state index contributed by atoms with van der Waals surface area (Å²) in [6, 6.07) is 0.314. The van der Waals surface area contributed by atoms with Gasteiger partial charge in [0.15, 0.2) is 0 Å². The zero-order chi connectivity index (χ0) is 10.6. The number of nitrogens with two attached hydrogens (primary N) is 1. The molecule has 1 fully saturated rings. The second-order valence-corrected chi connectivity index (χ2v) is 4.66. The van der Waals surface area contributed by atoms with Gasteiger partial charge in [0, 0.05) is 26.2 Å². The molecule has 1 aliphatic heterocycles. The van der Waals surface area contributed by atoms with Gasteiger partial charge < -0.3 is 10.5 Å². The van der Waals surface area contributed by atoms with Crippen molar-refractivity contribution in [2.24, 2.45) is 5.73 Å². The monoisotopic (exact) mass is 200 g/mol. The molecular formula is C11H24N2O. The van der Waals surface area contributed by atoms with Crippen LogP contribution in [0.15, 0.2) is 0 Å². The predicted octanol–water partition coefficient (Wildman–Crippen LogP) is 1.22. The summed E-state index contributed by atoms with van der Waals surface area (Å²) in [6.45, 7) is 7.54. The Hall–Kier alpha value is -0.120. The van der Waals surface area contributed by atoms with Gasteiger partial charge in [-0.25, -0.2) is 0 Å². The van der Waals surface area contributed by atoms with Crippen LogP contribution in [0.25, 0.3) is 0 Å². The summed E-state index contributed by atoms with van der Waals surface area (Å²) < 4.78 is 5.54. The number of nitrogens with zero attached hydrogens (tertiary/aromatic N) is 1. The summed E-state index contributed by atoms with van der Waals surface area (Å²) in [7, 11) is 1.81. The quantitative estimate of drug-likeness (QED) is 0.741. The smallest absolute Gasteiger partial charge is 0.0777 e. The third-order valence-electron chi connectivity index (χ3n) is 3.25. The molecule has 1 aliphatic rings. The van der Waals surface area contributed by atoms with Gasteiger partial charge in [0.05, 0.1) is 5.60 Å². The van der Waals surface area contributed by atoms with Crippen molar-refractivity contribution in [2.45, 2.75) is 44.8 Å². The molecule has 0 radical (unpaired) electrons. The lowest BCUT2D eigenvalue weighted by Gasteiger charge is -2.40. The summed E-state index contributed by atoms with van der Waals surface area (Å²) in [5.41, 5.74) is 6.00. The number of likely N-dealkylation sites (tertiary alicyclic amines) is 1. The highest BCUT2D eigenvalue weighted by Crippen LogP contribution is 2.23. The number of rotatable bonds is 4. The number of methoxy groups -OCH3 is 1. The molecule has 0 aliphatic carbocycles. The molecule has 2 atom stereocenters. The molecule has 1 saturated heterocycles. The molecule has 1 heterocycles. The van der Waals surface area contributed by atoms with Gasteiger partial charge in [-0.1, -0.05) is 6.92 Å². The molecule has 0 aromatic heterocycles. The van der Waals surface area contributed by atoms with E-state index in [2.05, 4.69) is 18.7 Å². The molecule has 3 heteroatoms. The second kappa shape index (κ2) is 5.10. The van der Waals surface area contributed by atoms with Crippen LogP contribution in [0.2, 0.25) is 0 Å². The third kappa shape index (κ3) is 3.23. The molecule has 84 valence electrons. The summed E-state index contributed by atoms with van der Waals surface area (Å²) in [5, 5.41) is 0.